The van der Waals surface area contributed by atoms with Crippen LogP contribution in [0.25, 0.3) is 5.52 Å². The molecule has 0 bridgehead atoms. The molecule has 9 nitrogen and oxygen atoms in total. The molecule has 0 spiro atoms. The molecule has 3 aromatic rings. The predicted octanol–water partition coefficient (Wildman–Crippen LogP) is 2.41. The van der Waals surface area contributed by atoms with Crippen LogP contribution in [0.2, 0.25) is 0 Å². The Kier molecular flexibility index (Phi) is 6.68. The van der Waals surface area contributed by atoms with Gasteiger partial charge in [-0.2, -0.15) is 0 Å². The lowest BCUT2D eigenvalue weighted by Crippen LogP contribution is -2.24. The van der Waals surface area contributed by atoms with E-state index in [2.05, 4.69) is 10.3 Å². The molecule has 164 valence electrons. The third kappa shape index (κ3) is 4.73. The molecule has 1 N–H and O–H groups in total. The van der Waals surface area contributed by atoms with Gasteiger partial charge >= 0.3 is 5.97 Å². The highest BCUT2D eigenvalue weighted by Gasteiger charge is 2.22. The number of pyridine rings is 1. The third-order valence-corrected chi connectivity index (χ3v) is 7.07. The number of anilines is 1. The number of hydrogen-bond acceptors (Lipinski definition) is 7. The van der Waals surface area contributed by atoms with Crippen molar-refractivity contribution in [3.05, 3.63) is 53.9 Å². The molecule has 2 aromatic heterocycles. The van der Waals surface area contributed by atoms with Crippen molar-refractivity contribution >= 4 is 44.9 Å². The molecule has 0 atom stereocenters. The van der Waals surface area contributed by atoms with Gasteiger partial charge in [0.05, 0.1) is 10.4 Å². The average molecular weight is 463 g/mol. The summed E-state index contributed by atoms with van der Waals surface area (Å²) in [7, 11) is -0.800. The number of ether oxygens (including phenoxy) is 1. The SMILES string of the molecule is CSc1nc(C(=O)OCC(=O)Nc2ccc(C)c(S(=O)(=O)N(C)C)c2)c2ccccn12. The average Bonchev–Trinajstić information content (AvgIpc) is 3.12. The van der Waals surface area contributed by atoms with Crippen LogP contribution in [0.15, 0.2) is 52.6 Å². The molecule has 1 amide bonds. The van der Waals surface area contributed by atoms with Gasteiger partial charge in [-0.1, -0.05) is 23.9 Å². The van der Waals surface area contributed by atoms with Crippen molar-refractivity contribution in [2.45, 2.75) is 17.0 Å². The number of aromatic nitrogens is 2. The van der Waals surface area contributed by atoms with Gasteiger partial charge in [0.15, 0.2) is 17.5 Å². The molecule has 31 heavy (non-hydrogen) atoms. The summed E-state index contributed by atoms with van der Waals surface area (Å²) in [5.41, 5.74) is 1.53. The Bertz CT molecular complexity index is 1250. The first kappa shape index (κ1) is 22.8. The second-order valence-corrected chi connectivity index (χ2v) is 9.69. The fourth-order valence-corrected chi connectivity index (χ4v) is 4.54. The Labute approximate surface area is 184 Å². The number of esters is 1. The summed E-state index contributed by atoms with van der Waals surface area (Å²) in [5, 5.41) is 3.18. The molecule has 2 heterocycles. The molecule has 0 aliphatic carbocycles. The minimum absolute atomic E-state index is 0.0846. The van der Waals surface area contributed by atoms with Crippen LogP contribution >= 0.6 is 11.8 Å². The number of nitrogens with zero attached hydrogens (tertiary/aromatic N) is 3. The maximum Gasteiger partial charge on any atom is 0.359 e. The maximum absolute atomic E-state index is 12.5. The largest absolute Gasteiger partial charge is 0.451 e. The van der Waals surface area contributed by atoms with Crippen molar-refractivity contribution in [2.24, 2.45) is 0 Å². The molecule has 0 unspecified atom stereocenters. The number of imidazole rings is 1. The van der Waals surface area contributed by atoms with E-state index in [-0.39, 0.29) is 16.3 Å². The maximum atomic E-state index is 12.5. The number of hydrogen-bond donors (Lipinski definition) is 1. The highest BCUT2D eigenvalue weighted by atomic mass is 32.2. The van der Waals surface area contributed by atoms with Gasteiger partial charge in [0.2, 0.25) is 10.0 Å². The molecule has 1 aromatic carbocycles. The van der Waals surface area contributed by atoms with Crippen LogP contribution in [0.5, 0.6) is 0 Å². The molecular formula is C20H22N4O5S2. The summed E-state index contributed by atoms with van der Waals surface area (Å²) in [6.07, 6.45) is 3.63. The first-order valence-electron chi connectivity index (χ1n) is 9.16. The number of benzene rings is 1. The van der Waals surface area contributed by atoms with E-state index >= 15 is 0 Å². The van der Waals surface area contributed by atoms with Crippen LogP contribution in [-0.2, 0) is 19.6 Å². The predicted molar refractivity (Wildman–Crippen MR) is 118 cm³/mol. The quantitative estimate of drug-likeness (QED) is 0.424. The fourth-order valence-electron chi connectivity index (χ4n) is 2.85. The van der Waals surface area contributed by atoms with E-state index < -0.39 is 28.5 Å². The van der Waals surface area contributed by atoms with Crippen LogP contribution in [0.1, 0.15) is 16.1 Å². The summed E-state index contributed by atoms with van der Waals surface area (Å²) in [6, 6.07) is 9.89. The molecule has 0 fully saturated rings. The summed E-state index contributed by atoms with van der Waals surface area (Å²) >= 11 is 1.38. The summed E-state index contributed by atoms with van der Waals surface area (Å²) in [4.78, 5) is 29.1. The number of aryl methyl sites for hydroxylation is 1. The van der Waals surface area contributed by atoms with E-state index in [1.165, 1.54) is 31.9 Å². The molecule has 0 saturated heterocycles. The lowest BCUT2D eigenvalue weighted by molar-refractivity contribution is -0.119. The number of sulfonamides is 1. The minimum atomic E-state index is -3.66. The molecule has 0 aliphatic heterocycles. The zero-order chi connectivity index (χ0) is 22.8. The van der Waals surface area contributed by atoms with Gasteiger partial charge in [-0.25, -0.2) is 22.5 Å². The van der Waals surface area contributed by atoms with Gasteiger partial charge < -0.3 is 10.1 Å². The Morgan fingerprint density at radius 3 is 2.65 bits per heavy atom. The highest BCUT2D eigenvalue weighted by Crippen LogP contribution is 2.23. The fraction of sp³-hybridized carbons (Fsp3) is 0.250. The number of amides is 1. The van der Waals surface area contributed by atoms with Crippen molar-refractivity contribution in [3.8, 4) is 0 Å². The number of fused-ring (bicyclic) bond motifs is 1. The topological polar surface area (TPSA) is 110 Å². The molecule has 11 heteroatoms. The lowest BCUT2D eigenvalue weighted by atomic mass is 10.2. The van der Waals surface area contributed by atoms with Crippen LogP contribution in [0.3, 0.4) is 0 Å². The monoisotopic (exact) mass is 462 g/mol. The van der Waals surface area contributed by atoms with E-state index in [1.54, 1.807) is 41.8 Å². The van der Waals surface area contributed by atoms with Crippen LogP contribution < -0.4 is 5.32 Å². The first-order chi connectivity index (χ1) is 14.6. The Balaban J connectivity index is 1.71. The molecular weight excluding hydrogens is 440 g/mol. The molecule has 0 aliphatic rings. The highest BCUT2D eigenvalue weighted by molar-refractivity contribution is 7.98. The zero-order valence-corrected chi connectivity index (χ0v) is 19.1. The Hall–Kier alpha value is -2.89. The van der Waals surface area contributed by atoms with Crippen molar-refractivity contribution < 1.29 is 22.7 Å². The van der Waals surface area contributed by atoms with Gasteiger partial charge in [0.25, 0.3) is 5.91 Å². The number of nitrogens with one attached hydrogen (secondary N) is 1. The normalized spacial score (nSPS) is 11.6. The second-order valence-electron chi connectivity index (χ2n) is 6.80. The van der Waals surface area contributed by atoms with E-state index in [4.69, 9.17) is 4.74 Å². The minimum Gasteiger partial charge on any atom is -0.451 e. The Morgan fingerprint density at radius 1 is 1.23 bits per heavy atom. The van der Waals surface area contributed by atoms with Gasteiger partial charge in [-0.15, -0.1) is 0 Å². The number of carbonyl (C=O) groups is 2. The zero-order valence-electron chi connectivity index (χ0n) is 17.4. The number of carbonyl (C=O) groups excluding carboxylic acids is 2. The van der Waals surface area contributed by atoms with Crippen molar-refractivity contribution in [1.29, 1.82) is 0 Å². The first-order valence-corrected chi connectivity index (χ1v) is 11.8. The van der Waals surface area contributed by atoms with E-state index in [0.717, 1.165) is 4.31 Å². The van der Waals surface area contributed by atoms with Gasteiger partial charge in [0.1, 0.15) is 0 Å². The van der Waals surface area contributed by atoms with Gasteiger partial charge in [0, 0.05) is 26.0 Å². The summed E-state index contributed by atoms with van der Waals surface area (Å²) < 4.78 is 32.8. The standard InChI is InChI=1S/C20H22N4O5S2/c1-13-8-9-14(11-16(13)31(27,28)23(2)3)21-17(25)12-29-19(26)18-15-7-5-6-10-24(15)20(22-18)30-4/h5-11H,12H2,1-4H3,(H,21,25). The lowest BCUT2D eigenvalue weighted by Gasteiger charge is -2.15. The van der Waals surface area contributed by atoms with Crippen LogP contribution in [-0.4, -0.2) is 60.9 Å². The van der Waals surface area contributed by atoms with Crippen molar-refractivity contribution in [3.63, 3.8) is 0 Å². The van der Waals surface area contributed by atoms with Crippen LogP contribution in [0.4, 0.5) is 5.69 Å². The van der Waals surface area contributed by atoms with Gasteiger partial charge in [-0.3, -0.25) is 9.20 Å². The third-order valence-electron chi connectivity index (χ3n) is 4.46. The second kappa shape index (κ2) is 9.08. The number of thioether (sulfide) groups is 1. The summed E-state index contributed by atoms with van der Waals surface area (Å²) in [5.74, 6) is -1.32. The molecule has 0 radical (unpaired) electrons. The van der Waals surface area contributed by atoms with E-state index in [1.807, 2.05) is 12.3 Å². The number of rotatable bonds is 7. The Morgan fingerprint density at radius 2 is 1.97 bits per heavy atom. The smallest absolute Gasteiger partial charge is 0.359 e. The molecule has 3 rings (SSSR count). The van der Waals surface area contributed by atoms with Gasteiger partial charge in [-0.05, 0) is 43.0 Å². The molecule has 0 saturated carbocycles. The van der Waals surface area contributed by atoms with Crippen LogP contribution in [0, 0.1) is 6.92 Å². The van der Waals surface area contributed by atoms with E-state index in [0.29, 0.717) is 16.2 Å². The van der Waals surface area contributed by atoms with E-state index in [9.17, 15) is 18.0 Å². The van der Waals surface area contributed by atoms with Crippen molar-refractivity contribution in [1.82, 2.24) is 13.7 Å². The summed E-state index contributed by atoms with van der Waals surface area (Å²) in [6.45, 7) is 1.13. The van der Waals surface area contributed by atoms with Crippen molar-refractivity contribution in [2.75, 3.05) is 32.3 Å².